The first-order valence-corrected chi connectivity index (χ1v) is 1.95. The zero-order valence-corrected chi connectivity index (χ0v) is 6.82. The molecule has 3 nitrogen and oxygen atoms in total. The minimum Gasteiger partial charge on any atom is -1.00 e. The Kier molecular flexibility index (Phi) is 52.0. The van der Waals surface area contributed by atoms with Crippen LogP contribution in [0.2, 0.25) is 0 Å². The van der Waals surface area contributed by atoms with Crippen molar-refractivity contribution < 1.29 is 68.8 Å². The summed E-state index contributed by atoms with van der Waals surface area (Å²) in [6.45, 7) is 0. The summed E-state index contributed by atoms with van der Waals surface area (Å²) in [6, 6.07) is 0. The van der Waals surface area contributed by atoms with Gasteiger partial charge in [0, 0.05) is 34.1 Å². The van der Waals surface area contributed by atoms with Crippen molar-refractivity contribution in [3.05, 3.63) is 0 Å². The Morgan fingerprint density at radius 2 is 1.43 bits per heavy atom. The average Bonchev–Trinajstić information content (AvgIpc) is 0.811. The normalized spacial score (nSPS) is 5.00. The van der Waals surface area contributed by atoms with E-state index >= 15 is 0 Å². The minimum atomic E-state index is -3.13. The van der Waals surface area contributed by atoms with Gasteiger partial charge in [-0.2, -0.15) is 0 Å². The predicted octanol–water partition coefficient (Wildman–Crippen LogP) is -3.53. The number of rotatable bonds is 0. The molecule has 7 heteroatoms. The Bertz CT molecular complexity index is 42.3. The van der Waals surface area contributed by atoms with E-state index < -0.39 is 8.25 Å². The summed E-state index contributed by atoms with van der Waals surface area (Å²) >= 11 is 0. The Morgan fingerprint density at radius 1 is 1.43 bits per heavy atom. The fraction of sp³-hybridized carbons (Fsp3) is 0. The summed E-state index contributed by atoms with van der Waals surface area (Å²) in [5.41, 5.74) is 0. The van der Waals surface area contributed by atoms with Crippen LogP contribution in [0.5, 0.6) is 0 Å². The summed E-state index contributed by atoms with van der Waals surface area (Å²) in [5.74, 6) is 0. The van der Waals surface area contributed by atoms with Gasteiger partial charge in [0.05, 0.1) is 0 Å². The van der Waals surface area contributed by atoms with E-state index in [1.807, 2.05) is 0 Å². The van der Waals surface area contributed by atoms with Crippen molar-refractivity contribution in [1.82, 2.24) is 0 Å². The van der Waals surface area contributed by atoms with Gasteiger partial charge in [-0.25, -0.2) is 0 Å². The van der Waals surface area contributed by atoms with Crippen LogP contribution in [-0.4, -0.2) is 9.79 Å². The Balaban J connectivity index is -0.00000000750. The first kappa shape index (κ1) is 23.3. The third-order valence-electron chi connectivity index (χ3n) is 0. The molecule has 0 spiro atoms. The van der Waals surface area contributed by atoms with Gasteiger partial charge in [0.2, 0.25) is 0 Å². The molecule has 0 heterocycles. The molecular weight excluding hydrogens is 197 g/mol. The average molecular weight is 201 g/mol. The van der Waals surface area contributed by atoms with Crippen LogP contribution in [0.4, 0.5) is 0 Å². The fourth-order valence-corrected chi connectivity index (χ4v) is 0. The van der Waals surface area contributed by atoms with Crippen LogP contribution in [-0.2, 0) is 38.7 Å². The molecule has 0 aromatic rings. The van der Waals surface area contributed by atoms with Gasteiger partial charge in [-0.1, -0.05) is 0 Å². The van der Waals surface area contributed by atoms with Gasteiger partial charge >= 0.3 is 27.1 Å². The van der Waals surface area contributed by atoms with Crippen molar-refractivity contribution in [2.24, 2.45) is 0 Å². The van der Waals surface area contributed by atoms with Crippen LogP contribution in [0.3, 0.4) is 0 Å². The Hall–Kier alpha value is 1.79. The first-order valence-electron chi connectivity index (χ1n) is 0.651. The molecule has 0 atom stereocenters. The second kappa shape index (κ2) is 15.7. The minimum absolute atomic E-state index is 0. The molecule has 0 saturated carbocycles. The van der Waals surface area contributed by atoms with Gasteiger partial charge in [0.25, 0.3) is 0 Å². The fourth-order valence-electron chi connectivity index (χ4n) is 0. The van der Waals surface area contributed by atoms with Gasteiger partial charge in [0.15, 0.2) is 0 Å². The summed E-state index contributed by atoms with van der Waals surface area (Å²) in [7, 11) is -3.13. The van der Waals surface area contributed by atoms with Crippen molar-refractivity contribution in [3.63, 3.8) is 0 Å². The third kappa shape index (κ3) is 81.7. The van der Waals surface area contributed by atoms with Gasteiger partial charge < -0.3 is 11.2 Å². The Labute approximate surface area is 76.8 Å². The zero-order chi connectivity index (χ0) is 3.58. The molecule has 0 saturated heterocycles. The second-order valence-corrected chi connectivity index (χ2v) is 0.848. The standard InChI is InChI=1S/Fe.Li.Mn.H3O3P.H/c;;;1-4(2)3;/h;;;4H,(H2,1,2,3);/q;+1;;;-1. The summed E-state index contributed by atoms with van der Waals surface area (Å²) in [4.78, 5) is 14.3. The van der Waals surface area contributed by atoms with Crippen molar-refractivity contribution in [3.8, 4) is 0 Å². The first-order chi connectivity index (χ1) is 1.73. The monoisotopic (exact) mass is 201 g/mol. The second-order valence-electron chi connectivity index (χ2n) is 0.283. The van der Waals surface area contributed by atoms with Gasteiger partial charge in [-0.3, -0.25) is 4.57 Å². The summed E-state index contributed by atoms with van der Waals surface area (Å²) in [5, 5.41) is 0. The molecule has 0 amide bonds. The molecule has 1 radical (unpaired) electrons. The SMILES string of the molecule is O=[PH](O)O.[Fe].[H-].[Li+].[Mn]. The zero-order valence-electron chi connectivity index (χ0n) is 4.53. The molecule has 2 N–H and O–H groups in total. The van der Waals surface area contributed by atoms with E-state index in [1.54, 1.807) is 0 Å². The Morgan fingerprint density at radius 3 is 1.43 bits per heavy atom. The van der Waals surface area contributed by atoms with E-state index in [0.29, 0.717) is 0 Å². The summed E-state index contributed by atoms with van der Waals surface area (Å²) < 4.78 is 8.74. The molecular formula is H4FeLiMnO3P. The molecule has 0 aliphatic heterocycles. The van der Waals surface area contributed by atoms with Crippen LogP contribution in [0, 0.1) is 0 Å². The third-order valence-corrected chi connectivity index (χ3v) is 0. The molecule has 0 fully saturated rings. The maximum absolute atomic E-state index is 8.74. The van der Waals surface area contributed by atoms with Crippen molar-refractivity contribution >= 4 is 8.25 Å². The van der Waals surface area contributed by atoms with Crippen molar-refractivity contribution in [2.75, 3.05) is 0 Å². The molecule has 0 aromatic carbocycles. The van der Waals surface area contributed by atoms with E-state index in [1.165, 1.54) is 0 Å². The largest absolute Gasteiger partial charge is 1.00 e. The maximum atomic E-state index is 8.74. The summed E-state index contributed by atoms with van der Waals surface area (Å²) in [6.07, 6.45) is 0. The van der Waals surface area contributed by atoms with E-state index in [2.05, 4.69) is 0 Å². The molecule has 0 rings (SSSR count). The van der Waals surface area contributed by atoms with E-state index in [0.717, 1.165) is 0 Å². The predicted molar refractivity (Wildman–Crippen MR) is 14.6 cm³/mol. The molecule has 7 heavy (non-hydrogen) atoms. The van der Waals surface area contributed by atoms with Crippen molar-refractivity contribution in [1.29, 1.82) is 0 Å². The smallest absolute Gasteiger partial charge is 1.00 e. The molecule has 0 aromatic heterocycles. The number of hydrogen-bond donors (Lipinski definition) is 2. The van der Waals surface area contributed by atoms with E-state index in [-0.39, 0.29) is 54.4 Å². The molecule has 0 unspecified atom stereocenters. The van der Waals surface area contributed by atoms with Crippen molar-refractivity contribution in [2.45, 2.75) is 0 Å². The van der Waals surface area contributed by atoms with E-state index in [4.69, 9.17) is 14.4 Å². The molecule has 0 aliphatic rings. The van der Waals surface area contributed by atoms with Gasteiger partial charge in [-0.15, -0.1) is 0 Å². The maximum Gasteiger partial charge on any atom is 1.00 e. The van der Waals surface area contributed by atoms with Crippen LogP contribution >= 0.6 is 8.25 Å². The number of hydrogen-bond acceptors (Lipinski definition) is 1. The molecule has 43 valence electrons. The van der Waals surface area contributed by atoms with Gasteiger partial charge in [0.1, 0.15) is 0 Å². The quantitative estimate of drug-likeness (QED) is 0.315. The van der Waals surface area contributed by atoms with Crippen LogP contribution < -0.4 is 18.9 Å². The van der Waals surface area contributed by atoms with Gasteiger partial charge in [-0.05, 0) is 0 Å². The van der Waals surface area contributed by atoms with E-state index in [9.17, 15) is 0 Å². The van der Waals surface area contributed by atoms with Crippen LogP contribution in [0.25, 0.3) is 0 Å². The topological polar surface area (TPSA) is 57.5 Å². The molecule has 0 bridgehead atoms. The molecule has 0 aliphatic carbocycles. The van der Waals surface area contributed by atoms with Crippen LogP contribution in [0.15, 0.2) is 0 Å². The van der Waals surface area contributed by atoms with Crippen LogP contribution in [0.1, 0.15) is 1.43 Å².